The van der Waals surface area contributed by atoms with Crippen LogP contribution >= 0.6 is 31.9 Å². The Kier molecular flexibility index (Phi) is 4.79. The number of benzene rings is 2. The number of ether oxygens (including phenoxy) is 1. The van der Waals surface area contributed by atoms with Gasteiger partial charge in [0.05, 0.1) is 8.95 Å². The van der Waals surface area contributed by atoms with Gasteiger partial charge in [0, 0.05) is 16.5 Å². The average Bonchev–Trinajstić information content (AvgIpc) is 2.97. The van der Waals surface area contributed by atoms with Gasteiger partial charge in [-0.1, -0.05) is 13.8 Å². The Hall–Kier alpha value is -1.99. The molecule has 1 heterocycles. The molecule has 0 spiro atoms. The van der Waals surface area contributed by atoms with Crippen LogP contribution in [0.15, 0.2) is 39.3 Å². The van der Waals surface area contributed by atoms with Crippen molar-refractivity contribution in [3.05, 3.63) is 50.5 Å². The first-order valence-electron chi connectivity index (χ1n) is 7.52. The van der Waals surface area contributed by atoms with Crippen LogP contribution < -0.4 is 4.74 Å². The number of hydrogen-bond donors (Lipinski definition) is 3. The molecule has 5 nitrogen and oxygen atoms in total. The highest BCUT2D eigenvalue weighted by Gasteiger charge is 2.17. The second kappa shape index (κ2) is 6.72. The van der Waals surface area contributed by atoms with Crippen molar-refractivity contribution >= 4 is 48.7 Å². The molecule has 130 valence electrons. The molecule has 0 fully saturated rings. The number of phenols is 1. The van der Waals surface area contributed by atoms with Crippen LogP contribution in [0.25, 0.3) is 10.9 Å². The molecule has 2 aromatic carbocycles. The van der Waals surface area contributed by atoms with Crippen LogP contribution in [-0.2, 0) is 0 Å². The van der Waals surface area contributed by atoms with Crippen LogP contribution in [0.5, 0.6) is 17.2 Å². The monoisotopic (exact) mass is 467 g/mol. The van der Waals surface area contributed by atoms with Gasteiger partial charge in [0.2, 0.25) is 0 Å². The number of rotatable bonds is 4. The first-order valence-corrected chi connectivity index (χ1v) is 9.11. The van der Waals surface area contributed by atoms with Crippen molar-refractivity contribution < 1.29 is 19.7 Å². The number of carboxylic acid groups (broad SMARTS) is 1. The summed E-state index contributed by atoms with van der Waals surface area (Å²) in [5.41, 5.74) is 1.57. The zero-order valence-electron chi connectivity index (χ0n) is 13.4. The van der Waals surface area contributed by atoms with Crippen molar-refractivity contribution in [2.45, 2.75) is 19.8 Å². The Morgan fingerprint density at radius 2 is 1.92 bits per heavy atom. The number of fused-ring (bicyclic) bond motifs is 1. The number of aromatic hydroxyl groups is 1. The van der Waals surface area contributed by atoms with Crippen LogP contribution in [0, 0.1) is 0 Å². The maximum Gasteiger partial charge on any atom is 0.352 e. The van der Waals surface area contributed by atoms with Crippen LogP contribution in [0.2, 0.25) is 0 Å². The smallest absolute Gasteiger partial charge is 0.352 e. The molecule has 0 saturated heterocycles. The van der Waals surface area contributed by atoms with E-state index in [0.717, 1.165) is 5.56 Å². The lowest BCUT2D eigenvalue weighted by Gasteiger charge is -2.14. The number of carboxylic acids is 1. The molecule has 0 aliphatic heterocycles. The van der Waals surface area contributed by atoms with Crippen LogP contribution in [0.1, 0.15) is 35.8 Å². The molecule has 0 aliphatic carbocycles. The molecule has 0 atom stereocenters. The molecule has 0 amide bonds. The Morgan fingerprint density at radius 3 is 2.56 bits per heavy atom. The molecule has 0 radical (unpaired) electrons. The summed E-state index contributed by atoms with van der Waals surface area (Å²) in [5.74, 6) is 0.468. The second-order valence-electron chi connectivity index (χ2n) is 5.93. The fraction of sp³-hybridized carbons (Fsp3) is 0.167. The quantitative estimate of drug-likeness (QED) is 0.437. The topological polar surface area (TPSA) is 82.6 Å². The van der Waals surface area contributed by atoms with Crippen LogP contribution in [0.3, 0.4) is 0 Å². The molecule has 3 rings (SSSR count). The molecule has 0 bridgehead atoms. The van der Waals surface area contributed by atoms with E-state index in [4.69, 9.17) is 9.84 Å². The Balaban J connectivity index is 2.07. The average molecular weight is 469 g/mol. The SMILES string of the molecule is CC(C)c1cc(Oc2c(Br)cc3[nH]c(C(=O)O)cc3c2Br)ccc1O. The van der Waals surface area contributed by atoms with Gasteiger partial charge < -0.3 is 19.9 Å². The molecule has 1 aromatic heterocycles. The summed E-state index contributed by atoms with van der Waals surface area (Å²) >= 11 is 6.96. The van der Waals surface area contributed by atoms with E-state index in [9.17, 15) is 9.90 Å². The standard InChI is InChI=1S/C18H15Br2NO4/c1-8(2)10-5-9(3-4-15(10)22)25-17-12(19)7-13-11(16(17)20)6-14(21-13)18(23)24/h3-8,21-22H,1-2H3,(H,23,24). The fourth-order valence-corrected chi connectivity index (χ4v) is 3.97. The number of halogens is 2. The number of aromatic amines is 1. The number of nitrogens with one attached hydrogen (secondary N) is 1. The van der Waals surface area contributed by atoms with E-state index in [0.29, 0.717) is 31.3 Å². The minimum atomic E-state index is -1.03. The Morgan fingerprint density at radius 1 is 1.20 bits per heavy atom. The van der Waals surface area contributed by atoms with Gasteiger partial charge in [0.1, 0.15) is 17.2 Å². The van der Waals surface area contributed by atoms with E-state index in [1.807, 2.05) is 13.8 Å². The highest BCUT2D eigenvalue weighted by atomic mass is 79.9. The summed E-state index contributed by atoms with van der Waals surface area (Å²) in [7, 11) is 0. The molecular weight excluding hydrogens is 454 g/mol. The predicted molar refractivity (Wildman–Crippen MR) is 103 cm³/mol. The summed E-state index contributed by atoms with van der Waals surface area (Å²) in [6, 6.07) is 8.40. The molecule has 0 unspecified atom stereocenters. The van der Waals surface area contributed by atoms with Gasteiger partial charge in [-0.05, 0) is 68.1 Å². The van der Waals surface area contributed by atoms with Crippen molar-refractivity contribution in [2.75, 3.05) is 0 Å². The minimum absolute atomic E-state index is 0.103. The maximum absolute atomic E-state index is 11.2. The highest BCUT2D eigenvalue weighted by molar-refractivity contribution is 9.11. The number of phenolic OH excluding ortho intramolecular Hbond substituents is 1. The van der Waals surface area contributed by atoms with Crippen molar-refractivity contribution in [1.29, 1.82) is 0 Å². The number of aromatic carboxylic acids is 1. The summed E-state index contributed by atoms with van der Waals surface area (Å²) in [4.78, 5) is 14.0. The third-order valence-electron chi connectivity index (χ3n) is 3.84. The first kappa shape index (κ1) is 17.8. The number of H-pyrrole nitrogens is 1. The zero-order valence-corrected chi connectivity index (χ0v) is 16.6. The largest absolute Gasteiger partial charge is 0.508 e. The summed E-state index contributed by atoms with van der Waals surface area (Å²) < 4.78 is 7.31. The van der Waals surface area contributed by atoms with Crippen LogP contribution in [0.4, 0.5) is 0 Å². The second-order valence-corrected chi connectivity index (χ2v) is 7.58. The Bertz CT molecular complexity index is 979. The van der Waals surface area contributed by atoms with E-state index in [1.54, 1.807) is 30.3 Å². The number of aromatic nitrogens is 1. The molecule has 25 heavy (non-hydrogen) atoms. The number of hydrogen-bond acceptors (Lipinski definition) is 3. The predicted octanol–water partition coefficient (Wildman–Crippen LogP) is 6.01. The van der Waals surface area contributed by atoms with Gasteiger partial charge in [0.25, 0.3) is 0 Å². The molecule has 0 aliphatic rings. The summed E-state index contributed by atoms with van der Waals surface area (Å²) in [6.45, 7) is 3.98. The van der Waals surface area contributed by atoms with E-state index >= 15 is 0 Å². The van der Waals surface area contributed by atoms with Gasteiger partial charge >= 0.3 is 5.97 Å². The fourth-order valence-electron chi connectivity index (χ4n) is 2.57. The minimum Gasteiger partial charge on any atom is -0.508 e. The summed E-state index contributed by atoms with van der Waals surface area (Å²) in [6.07, 6.45) is 0. The highest BCUT2D eigenvalue weighted by Crippen LogP contribution is 2.43. The van der Waals surface area contributed by atoms with Crippen molar-refractivity contribution in [1.82, 2.24) is 4.98 Å². The van der Waals surface area contributed by atoms with Gasteiger partial charge in [-0.25, -0.2) is 4.79 Å². The normalized spacial score (nSPS) is 11.2. The van der Waals surface area contributed by atoms with Gasteiger partial charge in [-0.15, -0.1) is 0 Å². The third-order valence-corrected chi connectivity index (χ3v) is 5.22. The van der Waals surface area contributed by atoms with E-state index < -0.39 is 5.97 Å². The van der Waals surface area contributed by atoms with Gasteiger partial charge in [-0.2, -0.15) is 0 Å². The third kappa shape index (κ3) is 3.39. The summed E-state index contributed by atoms with van der Waals surface area (Å²) in [5, 5.41) is 19.8. The van der Waals surface area contributed by atoms with Crippen molar-refractivity contribution in [3.63, 3.8) is 0 Å². The van der Waals surface area contributed by atoms with Crippen LogP contribution in [-0.4, -0.2) is 21.2 Å². The van der Waals surface area contributed by atoms with Gasteiger partial charge in [-0.3, -0.25) is 0 Å². The maximum atomic E-state index is 11.2. The lowest BCUT2D eigenvalue weighted by atomic mass is 10.0. The van der Waals surface area contributed by atoms with Crippen molar-refractivity contribution in [2.24, 2.45) is 0 Å². The Labute approximate surface area is 160 Å². The van der Waals surface area contributed by atoms with E-state index in [-0.39, 0.29) is 17.4 Å². The first-order chi connectivity index (χ1) is 11.8. The van der Waals surface area contributed by atoms with E-state index in [1.165, 1.54) is 0 Å². The lowest BCUT2D eigenvalue weighted by molar-refractivity contribution is 0.0691. The molecular formula is C18H15Br2NO4. The van der Waals surface area contributed by atoms with Crippen molar-refractivity contribution in [3.8, 4) is 17.2 Å². The molecule has 0 saturated carbocycles. The molecule has 7 heteroatoms. The molecule has 3 N–H and O–H groups in total. The number of carbonyl (C=O) groups is 1. The van der Waals surface area contributed by atoms with Gasteiger partial charge in [0.15, 0.2) is 5.75 Å². The van der Waals surface area contributed by atoms with E-state index in [2.05, 4.69) is 36.8 Å². The zero-order chi connectivity index (χ0) is 18.3. The molecule has 3 aromatic rings. The lowest BCUT2D eigenvalue weighted by Crippen LogP contribution is -1.94.